The van der Waals surface area contributed by atoms with E-state index in [4.69, 9.17) is 53.4 Å². The molecule has 0 bridgehead atoms. The van der Waals surface area contributed by atoms with Crippen molar-refractivity contribution >= 4 is 16.0 Å². The van der Waals surface area contributed by atoms with Crippen LogP contribution >= 0.6 is 0 Å². The van der Waals surface area contributed by atoms with E-state index in [1.807, 2.05) is 97.9 Å². The molecular formula is C29H24Fe3N2O9. The smallest absolute Gasteiger partial charge is 0 e. The zero-order valence-electron chi connectivity index (χ0n) is 22.3. The molecule has 0 unspecified atom stereocenters. The SMILES string of the molecule is CCO[C](=[Fe])c1ccccc1.Nc1ccccc1.Nc1ccccc1.[C-]#[O+].[C-]#[O+].[C-]#[O+].[C-]#[O+].[C-]#[O+].[C-]#[O+].[C-]#[O+].[C-]#[O+].[Fe].[Fe]. The van der Waals surface area contributed by atoms with Gasteiger partial charge in [-0.15, -0.1) is 0 Å². The van der Waals surface area contributed by atoms with Crippen LogP contribution in [0.5, 0.6) is 0 Å². The van der Waals surface area contributed by atoms with Gasteiger partial charge >= 0.3 is 165 Å². The van der Waals surface area contributed by atoms with E-state index in [0.717, 1.165) is 21.5 Å². The zero-order chi connectivity index (χ0) is 34.3. The minimum absolute atomic E-state index is 0. The van der Waals surface area contributed by atoms with E-state index in [-0.39, 0.29) is 34.1 Å². The predicted molar refractivity (Wildman–Crippen MR) is 135 cm³/mol. The molecule has 0 radical (unpaired) electrons. The maximum absolute atomic E-state index is 7.50. The van der Waals surface area contributed by atoms with Crippen molar-refractivity contribution in [3.8, 4) is 0 Å². The normalized spacial score (nSPS) is 5.63. The minimum atomic E-state index is 0. The number of para-hydroxylation sites is 2. The Labute approximate surface area is 281 Å². The minimum Gasteiger partial charge on any atom is 0 e. The Bertz CT molecular complexity index is 961. The summed E-state index contributed by atoms with van der Waals surface area (Å²) in [4.78, 5) is 0. The molecule has 0 saturated heterocycles. The molecule has 0 atom stereocenters. The van der Waals surface area contributed by atoms with Crippen molar-refractivity contribution in [3.05, 3.63) is 150 Å². The van der Waals surface area contributed by atoms with Gasteiger partial charge in [0.25, 0.3) is 0 Å². The van der Waals surface area contributed by atoms with Crippen molar-refractivity contribution in [1.82, 2.24) is 0 Å². The van der Waals surface area contributed by atoms with Crippen LogP contribution in [0.15, 0.2) is 91.0 Å². The van der Waals surface area contributed by atoms with Gasteiger partial charge in [0.15, 0.2) is 0 Å². The van der Waals surface area contributed by atoms with Crippen molar-refractivity contribution in [1.29, 1.82) is 0 Å². The second-order valence-corrected chi connectivity index (χ2v) is 5.38. The summed E-state index contributed by atoms with van der Waals surface area (Å²) in [5, 5.41) is 0. The summed E-state index contributed by atoms with van der Waals surface area (Å²) in [6.07, 6.45) is 0. The van der Waals surface area contributed by atoms with Crippen molar-refractivity contribution < 1.29 is 91.7 Å². The Kier molecular flexibility index (Phi) is 130. The molecule has 0 saturated carbocycles. The van der Waals surface area contributed by atoms with Crippen LogP contribution in [0.4, 0.5) is 11.4 Å². The molecule has 11 nitrogen and oxygen atoms in total. The molecule has 4 N–H and O–H groups in total. The van der Waals surface area contributed by atoms with Crippen LogP contribution in [0.2, 0.25) is 0 Å². The molecule has 0 aliphatic rings. The maximum atomic E-state index is 7.50. The molecular weight excluding hydrogens is 688 g/mol. The maximum Gasteiger partial charge on any atom is 0 e. The van der Waals surface area contributed by atoms with E-state index < -0.39 is 0 Å². The number of anilines is 2. The molecule has 43 heavy (non-hydrogen) atoms. The molecule has 0 aliphatic carbocycles. The fraction of sp³-hybridized carbons (Fsp3) is 0.0690. The van der Waals surface area contributed by atoms with Crippen LogP contribution in [0.25, 0.3) is 0 Å². The number of ether oxygens (including phenoxy) is 1. The van der Waals surface area contributed by atoms with Gasteiger partial charge in [-0.25, -0.2) is 0 Å². The van der Waals surface area contributed by atoms with E-state index in [1.165, 1.54) is 0 Å². The summed E-state index contributed by atoms with van der Waals surface area (Å²) in [6, 6.07) is 28.9. The van der Waals surface area contributed by atoms with Crippen LogP contribution in [-0.2, 0) is 91.7 Å². The fourth-order valence-corrected chi connectivity index (χ4v) is 2.02. The Morgan fingerprint density at radius 1 is 0.512 bits per heavy atom. The van der Waals surface area contributed by atoms with Crippen LogP contribution in [-0.4, -0.2) is 11.2 Å². The number of hydrogen-bond donors (Lipinski definition) is 2. The standard InChI is InChI=1S/C9H10O.2C6H7N.8CO.3Fe/c1-2-10-8-9-6-4-3-5-7-9;2*7-6-4-2-1-3-5-6;8*1-2;;;/h3-7H,2H2,1H3;2*1-5H,7H2;;;;;;;;;;;. The quantitative estimate of drug-likeness (QED) is 0.178. The van der Waals surface area contributed by atoms with Crippen molar-refractivity contribution in [3.63, 3.8) is 0 Å². The number of benzene rings is 3. The van der Waals surface area contributed by atoms with Crippen molar-refractivity contribution in [2.75, 3.05) is 18.1 Å². The first-order valence-electron chi connectivity index (χ1n) is 9.57. The summed E-state index contributed by atoms with van der Waals surface area (Å²) >= 11 is 3.79. The molecule has 0 amide bonds. The van der Waals surface area contributed by atoms with Gasteiger partial charge in [-0.3, -0.25) is 0 Å². The number of nitrogen functional groups attached to an aromatic ring is 2. The second-order valence-electron chi connectivity index (χ2n) is 4.88. The van der Waals surface area contributed by atoms with Crippen LogP contribution in [0.3, 0.4) is 0 Å². The van der Waals surface area contributed by atoms with Gasteiger partial charge < -0.3 is 11.5 Å². The van der Waals surface area contributed by atoms with E-state index in [2.05, 4.69) is 68.8 Å². The Morgan fingerprint density at radius 2 is 0.721 bits per heavy atom. The van der Waals surface area contributed by atoms with Crippen LogP contribution in [0.1, 0.15) is 12.5 Å². The van der Waals surface area contributed by atoms with Gasteiger partial charge in [0.05, 0.1) is 0 Å². The zero-order valence-corrected chi connectivity index (χ0v) is 25.6. The second kappa shape index (κ2) is 83.3. The molecule has 3 aromatic rings. The number of rotatable bonds is 3. The largest absolute Gasteiger partial charge is 0 e. The van der Waals surface area contributed by atoms with E-state index in [9.17, 15) is 0 Å². The van der Waals surface area contributed by atoms with Crippen LogP contribution in [0, 0.1) is 53.2 Å². The Morgan fingerprint density at radius 3 is 0.884 bits per heavy atom. The van der Waals surface area contributed by atoms with Gasteiger partial charge in [-0.05, 0) is 24.3 Å². The third-order valence-corrected chi connectivity index (χ3v) is 3.34. The van der Waals surface area contributed by atoms with Crippen molar-refractivity contribution in [2.45, 2.75) is 6.92 Å². The average Bonchev–Trinajstić information content (AvgIpc) is 3.10. The third-order valence-electron chi connectivity index (χ3n) is 2.86. The molecule has 0 aliphatic heterocycles. The molecule has 3 rings (SSSR count). The molecule has 3 aromatic carbocycles. The van der Waals surface area contributed by atoms with Gasteiger partial charge in [0.1, 0.15) is 0 Å². The van der Waals surface area contributed by atoms with E-state index >= 15 is 0 Å². The van der Waals surface area contributed by atoms with Crippen LogP contribution < -0.4 is 11.5 Å². The van der Waals surface area contributed by atoms with Gasteiger partial charge in [-0.1, -0.05) is 36.4 Å². The Hall–Kier alpha value is -3.43. The topological polar surface area (TPSA) is 220 Å². The first-order valence-corrected chi connectivity index (χ1v) is 10.1. The molecule has 14 heteroatoms. The summed E-state index contributed by atoms with van der Waals surface area (Å²) in [7, 11) is 0. The number of hydrogen-bond acceptors (Lipinski definition) is 3. The summed E-state index contributed by atoms with van der Waals surface area (Å²) in [5.74, 6) is 0. The van der Waals surface area contributed by atoms with E-state index in [0.29, 0.717) is 6.61 Å². The van der Waals surface area contributed by atoms with Gasteiger partial charge in [0, 0.05) is 45.5 Å². The average molecular weight is 712 g/mol. The van der Waals surface area contributed by atoms with E-state index in [1.54, 1.807) is 0 Å². The molecule has 228 valence electrons. The third kappa shape index (κ3) is 67.9. The van der Waals surface area contributed by atoms with Gasteiger partial charge in [0.2, 0.25) is 0 Å². The molecule has 0 aromatic heterocycles. The summed E-state index contributed by atoms with van der Waals surface area (Å²) < 4.78 is 66.0. The summed E-state index contributed by atoms with van der Waals surface area (Å²) in [5.41, 5.74) is 13.4. The Balaban J connectivity index is -0.0000000383. The molecule has 0 spiro atoms. The summed E-state index contributed by atoms with van der Waals surface area (Å²) in [6.45, 7) is 38.6. The monoisotopic (exact) mass is 712 g/mol. The number of nitrogens with two attached hydrogens (primary N) is 2. The molecule has 0 heterocycles. The first kappa shape index (κ1) is 67.3. The predicted octanol–water partition coefficient (Wildman–Crippen LogP) is 3.98. The van der Waals surface area contributed by atoms with Crippen molar-refractivity contribution in [2.24, 2.45) is 0 Å². The van der Waals surface area contributed by atoms with Gasteiger partial charge in [-0.2, -0.15) is 0 Å². The fourth-order valence-electron chi connectivity index (χ4n) is 1.68. The molecule has 0 fully saturated rings. The first-order chi connectivity index (χ1) is 20.1.